The van der Waals surface area contributed by atoms with Gasteiger partial charge in [0, 0.05) is 37.7 Å². The van der Waals surface area contributed by atoms with Crippen LogP contribution in [0.4, 0.5) is 5.69 Å². The third kappa shape index (κ3) is 6.74. The Bertz CT molecular complexity index is 1120. The maximum atomic E-state index is 12.7. The third-order valence-electron chi connectivity index (χ3n) is 5.66. The summed E-state index contributed by atoms with van der Waals surface area (Å²) in [5, 5.41) is 2.62. The van der Waals surface area contributed by atoms with Gasteiger partial charge in [-0.2, -0.15) is 4.31 Å². The minimum absolute atomic E-state index is 0.0668. The largest absolute Gasteiger partial charge is 0.454 e. The van der Waals surface area contributed by atoms with Crippen LogP contribution >= 0.6 is 0 Å². The van der Waals surface area contributed by atoms with Gasteiger partial charge in [-0.15, -0.1) is 0 Å². The number of piperidine rings is 1. The summed E-state index contributed by atoms with van der Waals surface area (Å²) in [6, 6.07) is 12.9. The maximum absolute atomic E-state index is 12.7. The van der Waals surface area contributed by atoms with E-state index in [2.05, 4.69) is 5.32 Å². The number of Topliss-reactive ketones (excluding diaryl/α,β-unsaturated/α-hetero) is 1. The van der Waals surface area contributed by atoms with Gasteiger partial charge in [-0.3, -0.25) is 14.4 Å². The van der Waals surface area contributed by atoms with Crippen molar-refractivity contribution in [2.45, 2.75) is 57.0 Å². The average Bonchev–Trinajstić information content (AvgIpc) is 2.83. The van der Waals surface area contributed by atoms with Crippen LogP contribution in [0.2, 0.25) is 0 Å². The van der Waals surface area contributed by atoms with E-state index in [9.17, 15) is 22.8 Å². The Morgan fingerprint density at radius 2 is 1.59 bits per heavy atom. The average molecular weight is 487 g/mol. The maximum Gasteiger partial charge on any atom is 0.306 e. The fourth-order valence-electron chi connectivity index (χ4n) is 3.79. The number of ketones is 1. The van der Waals surface area contributed by atoms with E-state index in [0.29, 0.717) is 30.8 Å². The Hall–Kier alpha value is -3.04. The second-order valence-corrected chi connectivity index (χ2v) is 10.3. The van der Waals surface area contributed by atoms with Crippen molar-refractivity contribution >= 4 is 33.4 Å². The topological polar surface area (TPSA) is 110 Å². The van der Waals surface area contributed by atoms with Crippen LogP contribution < -0.4 is 5.32 Å². The molecule has 0 saturated carbocycles. The molecule has 0 radical (unpaired) electrons. The zero-order chi connectivity index (χ0) is 24.7. The normalized spacial score (nSPS) is 15.4. The SMILES string of the molecule is CC(=O)Nc1ccc(C(=O)C(C)OC(=O)CCc2ccc(S(=O)(=O)N3CCCCC3)cc2)cc1. The van der Waals surface area contributed by atoms with Crippen LogP contribution in [-0.4, -0.2) is 49.6 Å². The van der Waals surface area contributed by atoms with Crippen molar-refractivity contribution in [3.8, 4) is 0 Å². The van der Waals surface area contributed by atoms with E-state index in [1.54, 1.807) is 48.5 Å². The summed E-state index contributed by atoms with van der Waals surface area (Å²) >= 11 is 0. The van der Waals surface area contributed by atoms with Gasteiger partial charge in [0.25, 0.3) is 0 Å². The number of nitrogens with one attached hydrogen (secondary N) is 1. The van der Waals surface area contributed by atoms with Gasteiger partial charge in [-0.25, -0.2) is 8.42 Å². The number of hydrogen-bond acceptors (Lipinski definition) is 6. The number of esters is 1. The van der Waals surface area contributed by atoms with Crippen molar-refractivity contribution in [1.82, 2.24) is 4.31 Å². The molecule has 1 atom stereocenters. The van der Waals surface area contributed by atoms with Crippen LogP contribution in [-0.2, 0) is 30.8 Å². The number of carbonyl (C=O) groups excluding carboxylic acids is 3. The van der Waals surface area contributed by atoms with E-state index in [0.717, 1.165) is 24.8 Å². The summed E-state index contributed by atoms with van der Waals surface area (Å²) in [6.45, 7) is 4.01. The number of anilines is 1. The first kappa shape index (κ1) is 25.6. The lowest BCUT2D eigenvalue weighted by Crippen LogP contribution is -2.35. The zero-order valence-corrected chi connectivity index (χ0v) is 20.3. The molecule has 1 aliphatic heterocycles. The minimum atomic E-state index is -3.49. The van der Waals surface area contributed by atoms with Gasteiger partial charge in [0.1, 0.15) is 0 Å². The van der Waals surface area contributed by atoms with Crippen LogP contribution in [0.1, 0.15) is 55.5 Å². The third-order valence-corrected chi connectivity index (χ3v) is 7.57. The van der Waals surface area contributed by atoms with Crippen molar-refractivity contribution in [2.75, 3.05) is 18.4 Å². The van der Waals surface area contributed by atoms with Crippen LogP contribution in [0.25, 0.3) is 0 Å². The monoisotopic (exact) mass is 486 g/mol. The highest BCUT2D eigenvalue weighted by molar-refractivity contribution is 7.89. The Morgan fingerprint density at radius 1 is 0.971 bits per heavy atom. The first-order chi connectivity index (χ1) is 16.2. The molecular formula is C25H30N2O6S. The summed E-state index contributed by atoms with van der Waals surface area (Å²) in [5.74, 6) is -1.06. The first-order valence-electron chi connectivity index (χ1n) is 11.4. The molecule has 3 rings (SSSR count). The quantitative estimate of drug-likeness (QED) is 0.429. The summed E-state index contributed by atoms with van der Waals surface area (Å²) in [4.78, 5) is 36.1. The van der Waals surface area contributed by atoms with E-state index >= 15 is 0 Å². The lowest BCUT2D eigenvalue weighted by molar-refractivity contribution is -0.146. The lowest BCUT2D eigenvalue weighted by Gasteiger charge is -2.25. The summed E-state index contributed by atoms with van der Waals surface area (Å²) < 4.78 is 32.3. The first-order valence-corrected chi connectivity index (χ1v) is 12.8. The number of amides is 1. The molecule has 1 saturated heterocycles. The molecule has 0 aliphatic carbocycles. The number of sulfonamides is 1. The molecule has 8 nitrogen and oxygen atoms in total. The fraction of sp³-hybridized carbons (Fsp3) is 0.400. The van der Waals surface area contributed by atoms with E-state index < -0.39 is 22.1 Å². The second kappa shape index (κ2) is 11.4. The van der Waals surface area contributed by atoms with Crippen LogP contribution in [0.15, 0.2) is 53.4 Å². The van der Waals surface area contributed by atoms with Gasteiger partial charge in [0.15, 0.2) is 6.10 Å². The zero-order valence-electron chi connectivity index (χ0n) is 19.5. The Balaban J connectivity index is 1.50. The molecule has 1 amide bonds. The molecule has 182 valence electrons. The molecule has 0 spiro atoms. The van der Waals surface area contributed by atoms with Crippen molar-refractivity contribution in [2.24, 2.45) is 0 Å². The standard InChI is InChI=1S/C25H30N2O6S/c1-18(25(30)21-9-11-22(12-10-21)26-19(2)28)33-24(29)15-8-20-6-13-23(14-7-20)34(31,32)27-16-4-3-5-17-27/h6-7,9-14,18H,3-5,8,15-17H2,1-2H3,(H,26,28). The molecule has 1 aliphatic rings. The van der Waals surface area contributed by atoms with Crippen molar-refractivity contribution in [1.29, 1.82) is 0 Å². The number of hydrogen-bond donors (Lipinski definition) is 1. The van der Waals surface area contributed by atoms with Gasteiger partial charge in [-0.1, -0.05) is 18.6 Å². The molecule has 9 heteroatoms. The number of carbonyl (C=O) groups is 3. The molecule has 0 aromatic heterocycles. The van der Waals surface area contributed by atoms with E-state index in [1.165, 1.54) is 18.2 Å². The highest BCUT2D eigenvalue weighted by Gasteiger charge is 2.25. The smallest absolute Gasteiger partial charge is 0.306 e. The van der Waals surface area contributed by atoms with E-state index in [4.69, 9.17) is 4.74 Å². The summed E-state index contributed by atoms with van der Waals surface area (Å²) in [7, 11) is -3.49. The number of nitrogens with zero attached hydrogens (tertiary/aromatic N) is 1. The number of rotatable bonds is 9. The predicted octanol–water partition coefficient (Wildman–Crippen LogP) is 3.57. The van der Waals surface area contributed by atoms with Crippen molar-refractivity contribution in [3.05, 3.63) is 59.7 Å². The fourth-order valence-corrected chi connectivity index (χ4v) is 5.31. The summed E-state index contributed by atoms with van der Waals surface area (Å²) in [5.41, 5.74) is 1.76. The number of benzene rings is 2. The molecule has 1 fully saturated rings. The van der Waals surface area contributed by atoms with E-state index in [1.807, 2.05) is 0 Å². The molecule has 2 aromatic rings. The van der Waals surface area contributed by atoms with Gasteiger partial charge in [-0.05, 0) is 68.1 Å². The van der Waals surface area contributed by atoms with Gasteiger partial charge in [0.2, 0.25) is 21.7 Å². The van der Waals surface area contributed by atoms with Crippen LogP contribution in [0.5, 0.6) is 0 Å². The summed E-state index contributed by atoms with van der Waals surface area (Å²) in [6.07, 6.45) is 2.30. The number of aryl methyl sites for hydroxylation is 1. The van der Waals surface area contributed by atoms with Crippen molar-refractivity contribution < 1.29 is 27.5 Å². The molecule has 2 aromatic carbocycles. The van der Waals surface area contributed by atoms with Crippen molar-refractivity contribution in [3.63, 3.8) is 0 Å². The molecule has 1 unspecified atom stereocenters. The van der Waals surface area contributed by atoms with Gasteiger partial charge >= 0.3 is 5.97 Å². The Morgan fingerprint density at radius 3 is 2.18 bits per heavy atom. The lowest BCUT2D eigenvalue weighted by atomic mass is 10.1. The highest BCUT2D eigenvalue weighted by atomic mass is 32.2. The van der Waals surface area contributed by atoms with E-state index in [-0.39, 0.29) is 23.0 Å². The molecule has 1 N–H and O–H groups in total. The molecular weight excluding hydrogens is 456 g/mol. The highest BCUT2D eigenvalue weighted by Crippen LogP contribution is 2.21. The number of ether oxygens (including phenoxy) is 1. The molecule has 1 heterocycles. The van der Waals surface area contributed by atoms with Crippen LogP contribution in [0, 0.1) is 0 Å². The minimum Gasteiger partial charge on any atom is -0.454 e. The second-order valence-electron chi connectivity index (χ2n) is 8.36. The van der Waals surface area contributed by atoms with Crippen LogP contribution in [0.3, 0.4) is 0 Å². The Labute approximate surface area is 200 Å². The Kier molecular flexibility index (Phi) is 8.57. The predicted molar refractivity (Wildman–Crippen MR) is 128 cm³/mol. The van der Waals surface area contributed by atoms with Gasteiger partial charge < -0.3 is 10.1 Å². The molecule has 0 bridgehead atoms. The van der Waals surface area contributed by atoms with Gasteiger partial charge in [0.05, 0.1) is 4.90 Å². The molecule has 34 heavy (non-hydrogen) atoms.